The van der Waals surface area contributed by atoms with Crippen LogP contribution in [-0.2, 0) is 17.7 Å². The van der Waals surface area contributed by atoms with Crippen LogP contribution >= 0.6 is 0 Å². The third-order valence-corrected chi connectivity index (χ3v) is 2.91. The van der Waals surface area contributed by atoms with Gasteiger partial charge < -0.3 is 10.1 Å². The number of rotatable bonds is 3. The molecule has 0 aliphatic carbocycles. The molecule has 2 rings (SSSR count). The molecule has 0 radical (unpaired) electrons. The zero-order valence-corrected chi connectivity index (χ0v) is 10.5. The summed E-state index contributed by atoms with van der Waals surface area (Å²) in [6.45, 7) is 6.35. The van der Waals surface area contributed by atoms with Gasteiger partial charge in [0, 0.05) is 6.54 Å². The Morgan fingerprint density at radius 3 is 3.06 bits per heavy atom. The average Bonchev–Trinajstić information content (AvgIpc) is 2.35. The maximum absolute atomic E-state index is 12.0. The molecule has 0 bridgehead atoms. The van der Waals surface area contributed by atoms with Crippen molar-refractivity contribution in [2.75, 3.05) is 13.2 Å². The summed E-state index contributed by atoms with van der Waals surface area (Å²) in [6.07, 6.45) is 0.905. The van der Waals surface area contributed by atoms with Crippen LogP contribution in [0.4, 0.5) is 0 Å². The Kier molecular flexibility index (Phi) is 3.79. The molecule has 0 fully saturated rings. The normalized spacial score (nSPS) is 14.5. The third-order valence-electron chi connectivity index (χ3n) is 2.91. The monoisotopic (exact) mass is 233 g/mol. The average molecular weight is 233 g/mol. The summed E-state index contributed by atoms with van der Waals surface area (Å²) in [4.78, 5) is 12.0. The lowest BCUT2D eigenvalue weighted by Crippen LogP contribution is -2.26. The fourth-order valence-corrected chi connectivity index (χ4v) is 2.04. The molecule has 0 atom stereocenters. The Bertz CT molecular complexity index is 413. The summed E-state index contributed by atoms with van der Waals surface area (Å²) >= 11 is 0. The van der Waals surface area contributed by atoms with Gasteiger partial charge in [-0.05, 0) is 36.1 Å². The predicted molar refractivity (Wildman–Crippen MR) is 67.0 cm³/mol. The van der Waals surface area contributed by atoms with Crippen molar-refractivity contribution in [1.29, 1.82) is 0 Å². The van der Waals surface area contributed by atoms with E-state index in [0.717, 1.165) is 30.6 Å². The van der Waals surface area contributed by atoms with E-state index < -0.39 is 0 Å². The molecule has 1 aromatic rings. The summed E-state index contributed by atoms with van der Waals surface area (Å²) in [7, 11) is 0. The number of ether oxygens (including phenoxy) is 1. The smallest absolute Gasteiger partial charge is 0.338 e. The lowest BCUT2D eigenvalue weighted by molar-refractivity contribution is 0.0457. The Morgan fingerprint density at radius 1 is 1.47 bits per heavy atom. The van der Waals surface area contributed by atoms with Crippen LogP contribution in [0.1, 0.15) is 35.3 Å². The highest BCUT2D eigenvalue weighted by Gasteiger charge is 2.18. The molecule has 1 aliphatic heterocycles. The van der Waals surface area contributed by atoms with Crippen LogP contribution in [0.15, 0.2) is 18.2 Å². The van der Waals surface area contributed by atoms with E-state index in [9.17, 15) is 4.79 Å². The van der Waals surface area contributed by atoms with Crippen LogP contribution in [0.25, 0.3) is 0 Å². The lowest BCUT2D eigenvalue weighted by atomic mass is 9.95. The second kappa shape index (κ2) is 5.32. The Hall–Kier alpha value is -1.35. The van der Waals surface area contributed by atoms with Crippen LogP contribution in [0.5, 0.6) is 0 Å². The van der Waals surface area contributed by atoms with Crippen molar-refractivity contribution in [2.24, 2.45) is 5.92 Å². The van der Waals surface area contributed by atoms with Crippen molar-refractivity contribution in [3.8, 4) is 0 Å². The summed E-state index contributed by atoms with van der Waals surface area (Å²) in [5.74, 6) is 0.192. The molecule has 17 heavy (non-hydrogen) atoms. The number of hydrogen-bond donors (Lipinski definition) is 1. The highest BCUT2D eigenvalue weighted by atomic mass is 16.5. The van der Waals surface area contributed by atoms with E-state index in [4.69, 9.17) is 4.74 Å². The van der Waals surface area contributed by atoms with E-state index in [1.54, 1.807) is 0 Å². The highest BCUT2D eigenvalue weighted by Crippen LogP contribution is 2.19. The molecular weight excluding hydrogens is 214 g/mol. The van der Waals surface area contributed by atoms with Crippen LogP contribution in [0.3, 0.4) is 0 Å². The number of fused-ring (bicyclic) bond motifs is 1. The zero-order chi connectivity index (χ0) is 12.3. The molecule has 92 valence electrons. The van der Waals surface area contributed by atoms with Gasteiger partial charge in [-0.3, -0.25) is 0 Å². The van der Waals surface area contributed by atoms with Crippen LogP contribution in [-0.4, -0.2) is 19.1 Å². The minimum Gasteiger partial charge on any atom is -0.462 e. The number of carbonyl (C=O) groups is 1. The van der Waals surface area contributed by atoms with E-state index in [-0.39, 0.29) is 5.97 Å². The van der Waals surface area contributed by atoms with Crippen molar-refractivity contribution in [3.05, 3.63) is 34.9 Å². The van der Waals surface area contributed by atoms with E-state index in [1.165, 1.54) is 5.56 Å². The summed E-state index contributed by atoms with van der Waals surface area (Å²) in [5.41, 5.74) is 3.11. The van der Waals surface area contributed by atoms with Gasteiger partial charge in [-0.2, -0.15) is 0 Å². The van der Waals surface area contributed by atoms with Crippen molar-refractivity contribution >= 4 is 5.97 Å². The first-order valence-electron chi connectivity index (χ1n) is 6.17. The molecule has 0 unspecified atom stereocenters. The minimum atomic E-state index is -0.183. The SMILES string of the molecule is CC(C)COC(=O)c1cccc2c1CCNC2. The molecule has 1 aromatic carbocycles. The number of esters is 1. The Labute approximate surface area is 102 Å². The Morgan fingerprint density at radius 2 is 2.29 bits per heavy atom. The fourth-order valence-electron chi connectivity index (χ4n) is 2.04. The second-order valence-electron chi connectivity index (χ2n) is 4.86. The van der Waals surface area contributed by atoms with Gasteiger partial charge in [-0.1, -0.05) is 26.0 Å². The predicted octanol–water partition coefficient (Wildman–Crippen LogP) is 2.15. The van der Waals surface area contributed by atoms with Gasteiger partial charge in [-0.15, -0.1) is 0 Å². The number of benzene rings is 1. The Balaban J connectivity index is 2.17. The van der Waals surface area contributed by atoms with E-state index in [2.05, 4.69) is 11.4 Å². The van der Waals surface area contributed by atoms with Crippen LogP contribution < -0.4 is 5.32 Å². The van der Waals surface area contributed by atoms with E-state index in [1.807, 2.05) is 26.0 Å². The molecular formula is C14H19NO2. The number of hydrogen-bond acceptors (Lipinski definition) is 3. The highest BCUT2D eigenvalue weighted by molar-refractivity contribution is 5.91. The van der Waals surface area contributed by atoms with Crippen LogP contribution in [0, 0.1) is 5.92 Å². The van der Waals surface area contributed by atoms with Crippen molar-refractivity contribution in [2.45, 2.75) is 26.8 Å². The van der Waals surface area contributed by atoms with Crippen LogP contribution in [0.2, 0.25) is 0 Å². The summed E-state index contributed by atoms with van der Waals surface area (Å²) in [5, 5.41) is 3.31. The number of carbonyl (C=O) groups excluding carboxylic acids is 1. The first-order chi connectivity index (χ1) is 8.18. The van der Waals surface area contributed by atoms with Crippen molar-refractivity contribution in [3.63, 3.8) is 0 Å². The van der Waals surface area contributed by atoms with Gasteiger partial charge in [0.1, 0.15) is 0 Å². The molecule has 0 amide bonds. The molecule has 0 saturated carbocycles. The molecule has 1 heterocycles. The number of nitrogens with one attached hydrogen (secondary N) is 1. The first-order valence-corrected chi connectivity index (χ1v) is 6.17. The standard InChI is InChI=1S/C14H19NO2/c1-10(2)9-17-14(16)13-5-3-4-11-8-15-7-6-12(11)13/h3-5,10,15H,6-9H2,1-2H3. The third kappa shape index (κ3) is 2.86. The molecule has 0 aromatic heterocycles. The van der Waals surface area contributed by atoms with Gasteiger partial charge in [0.15, 0.2) is 0 Å². The summed E-state index contributed by atoms with van der Waals surface area (Å²) in [6, 6.07) is 5.87. The maximum Gasteiger partial charge on any atom is 0.338 e. The van der Waals surface area contributed by atoms with E-state index >= 15 is 0 Å². The molecule has 3 nitrogen and oxygen atoms in total. The lowest BCUT2D eigenvalue weighted by Gasteiger charge is -2.19. The summed E-state index contributed by atoms with van der Waals surface area (Å²) < 4.78 is 5.30. The molecule has 1 aliphatic rings. The molecule has 3 heteroatoms. The minimum absolute atomic E-state index is 0.183. The van der Waals surface area contributed by atoms with Gasteiger partial charge in [0.2, 0.25) is 0 Å². The van der Waals surface area contributed by atoms with E-state index in [0.29, 0.717) is 12.5 Å². The second-order valence-corrected chi connectivity index (χ2v) is 4.86. The van der Waals surface area contributed by atoms with Gasteiger partial charge in [0.05, 0.1) is 12.2 Å². The van der Waals surface area contributed by atoms with Crippen molar-refractivity contribution in [1.82, 2.24) is 5.32 Å². The van der Waals surface area contributed by atoms with Crippen molar-refractivity contribution < 1.29 is 9.53 Å². The zero-order valence-electron chi connectivity index (χ0n) is 10.5. The molecule has 0 spiro atoms. The van der Waals surface area contributed by atoms with Gasteiger partial charge in [0.25, 0.3) is 0 Å². The maximum atomic E-state index is 12.0. The largest absolute Gasteiger partial charge is 0.462 e. The fraction of sp³-hybridized carbons (Fsp3) is 0.500. The van der Waals surface area contributed by atoms with Gasteiger partial charge >= 0.3 is 5.97 Å². The topological polar surface area (TPSA) is 38.3 Å². The first kappa shape index (κ1) is 12.1. The molecule has 0 saturated heterocycles. The van der Waals surface area contributed by atoms with Gasteiger partial charge in [-0.25, -0.2) is 4.79 Å². The molecule has 1 N–H and O–H groups in total. The quantitative estimate of drug-likeness (QED) is 0.813.